The molecule has 2 aromatic heterocycles. The summed E-state index contributed by atoms with van der Waals surface area (Å²) in [4.78, 5) is 22.6. The molecule has 1 aromatic carbocycles. The number of anilines is 1. The average molecular weight is 351 g/mol. The molecule has 26 heavy (non-hydrogen) atoms. The van der Waals surface area contributed by atoms with E-state index in [1.807, 2.05) is 13.0 Å². The third kappa shape index (κ3) is 2.94. The van der Waals surface area contributed by atoms with Crippen molar-refractivity contribution >= 4 is 11.6 Å². The first-order chi connectivity index (χ1) is 12.5. The Morgan fingerprint density at radius 1 is 1.04 bits per heavy atom. The van der Waals surface area contributed by atoms with Crippen molar-refractivity contribution in [1.82, 2.24) is 9.97 Å². The Hall–Kier alpha value is -3.15. The summed E-state index contributed by atoms with van der Waals surface area (Å²) >= 11 is 0. The van der Waals surface area contributed by atoms with E-state index in [9.17, 15) is 13.6 Å². The Morgan fingerprint density at radius 3 is 2.65 bits per heavy atom. The van der Waals surface area contributed by atoms with Gasteiger partial charge in [-0.05, 0) is 41.8 Å². The highest BCUT2D eigenvalue weighted by molar-refractivity contribution is 6.01. The number of halogens is 2. The minimum atomic E-state index is -0.915. The molecular weight excluding hydrogens is 336 g/mol. The first-order valence-electron chi connectivity index (χ1n) is 8.16. The van der Waals surface area contributed by atoms with E-state index in [1.54, 1.807) is 29.6 Å². The molecule has 1 aliphatic rings. The molecule has 1 aliphatic heterocycles. The summed E-state index contributed by atoms with van der Waals surface area (Å²) in [5.41, 5.74) is 4.45. The van der Waals surface area contributed by atoms with Crippen LogP contribution < -0.4 is 4.90 Å². The number of rotatable bonds is 3. The molecule has 1 amide bonds. The van der Waals surface area contributed by atoms with E-state index < -0.39 is 11.6 Å². The maximum atomic E-state index is 13.5. The Balaban J connectivity index is 1.71. The Labute approximate surface area is 149 Å². The van der Waals surface area contributed by atoms with Crippen LogP contribution in [0.1, 0.15) is 16.8 Å². The summed E-state index contributed by atoms with van der Waals surface area (Å²) in [6, 6.07) is 7.48. The maximum Gasteiger partial charge on any atom is 0.233 e. The van der Waals surface area contributed by atoms with Gasteiger partial charge in [0.25, 0.3) is 0 Å². The molecule has 130 valence electrons. The van der Waals surface area contributed by atoms with Gasteiger partial charge in [0, 0.05) is 24.2 Å². The summed E-state index contributed by atoms with van der Waals surface area (Å²) < 4.78 is 26.7. The standard InChI is InChI=1S/C20H15F2N3O/c1-12-4-13(9-23-8-12)11-25-19-6-15(10-24-18(19)7-20(25)26)14-2-3-16(21)17(22)5-14/h2-6,8-10H,7,11H2,1H3. The second-order valence-corrected chi connectivity index (χ2v) is 6.35. The van der Waals surface area contributed by atoms with Gasteiger partial charge in [-0.15, -0.1) is 0 Å². The number of benzene rings is 1. The molecule has 0 aliphatic carbocycles. The van der Waals surface area contributed by atoms with Gasteiger partial charge in [-0.3, -0.25) is 14.8 Å². The average Bonchev–Trinajstić information content (AvgIpc) is 2.92. The summed E-state index contributed by atoms with van der Waals surface area (Å²) in [5, 5.41) is 0. The van der Waals surface area contributed by atoms with Crippen molar-refractivity contribution in [3.05, 3.63) is 77.4 Å². The molecule has 3 aromatic rings. The van der Waals surface area contributed by atoms with Crippen molar-refractivity contribution in [2.45, 2.75) is 19.9 Å². The minimum absolute atomic E-state index is 0.0450. The van der Waals surface area contributed by atoms with Crippen molar-refractivity contribution in [2.24, 2.45) is 0 Å². The van der Waals surface area contributed by atoms with Gasteiger partial charge in [0.2, 0.25) is 5.91 Å². The van der Waals surface area contributed by atoms with Crippen LogP contribution in [-0.2, 0) is 17.8 Å². The zero-order chi connectivity index (χ0) is 18.3. The van der Waals surface area contributed by atoms with Gasteiger partial charge in [0.05, 0.1) is 24.3 Å². The second-order valence-electron chi connectivity index (χ2n) is 6.35. The van der Waals surface area contributed by atoms with E-state index in [0.29, 0.717) is 29.1 Å². The topological polar surface area (TPSA) is 46.1 Å². The van der Waals surface area contributed by atoms with Gasteiger partial charge in [-0.25, -0.2) is 8.78 Å². The largest absolute Gasteiger partial charge is 0.306 e. The highest BCUT2D eigenvalue weighted by atomic mass is 19.2. The third-order valence-corrected chi connectivity index (χ3v) is 4.38. The molecule has 0 spiro atoms. The quantitative estimate of drug-likeness (QED) is 0.721. The fraction of sp³-hybridized carbons (Fsp3) is 0.150. The zero-order valence-corrected chi connectivity index (χ0v) is 14.0. The van der Waals surface area contributed by atoms with E-state index in [-0.39, 0.29) is 12.3 Å². The van der Waals surface area contributed by atoms with E-state index in [2.05, 4.69) is 9.97 Å². The summed E-state index contributed by atoms with van der Waals surface area (Å²) in [7, 11) is 0. The predicted molar refractivity (Wildman–Crippen MR) is 93.5 cm³/mol. The molecule has 0 bridgehead atoms. The van der Waals surface area contributed by atoms with Crippen LogP contribution in [0.4, 0.5) is 14.5 Å². The molecule has 3 heterocycles. The first-order valence-corrected chi connectivity index (χ1v) is 8.16. The lowest BCUT2D eigenvalue weighted by atomic mass is 10.1. The van der Waals surface area contributed by atoms with Crippen LogP contribution in [0.2, 0.25) is 0 Å². The number of carbonyl (C=O) groups excluding carboxylic acids is 1. The Bertz CT molecular complexity index is 1020. The Kier molecular flexibility index (Phi) is 3.95. The summed E-state index contributed by atoms with van der Waals surface area (Å²) in [5.74, 6) is -1.86. The van der Waals surface area contributed by atoms with Crippen LogP contribution in [0.5, 0.6) is 0 Å². The summed E-state index contributed by atoms with van der Waals surface area (Å²) in [6.45, 7) is 2.34. The van der Waals surface area contributed by atoms with Crippen LogP contribution >= 0.6 is 0 Å². The lowest BCUT2D eigenvalue weighted by Crippen LogP contribution is -2.26. The van der Waals surface area contributed by atoms with Crippen molar-refractivity contribution in [2.75, 3.05) is 4.90 Å². The lowest BCUT2D eigenvalue weighted by molar-refractivity contribution is -0.117. The first kappa shape index (κ1) is 16.3. The molecule has 0 N–H and O–H groups in total. The van der Waals surface area contributed by atoms with Crippen molar-refractivity contribution in [3.8, 4) is 11.1 Å². The molecule has 0 fully saturated rings. The number of aryl methyl sites for hydroxylation is 1. The molecule has 0 radical (unpaired) electrons. The Morgan fingerprint density at radius 2 is 1.88 bits per heavy atom. The van der Waals surface area contributed by atoms with Crippen LogP contribution in [-0.4, -0.2) is 15.9 Å². The number of amides is 1. The van der Waals surface area contributed by atoms with E-state index >= 15 is 0 Å². The van der Waals surface area contributed by atoms with E-state index in [0.717, 1.165) is 23.3 Å². The van der Waals surface area contributed by atoms with Gasteiger partial charge in [-0.1, -0.05) is 12.1 Å². The van der Waals surface area contributed by atoms with Gasteiger partial charge < -0.3 is 4.90 Å². The molecular formula is C20H15F2N3O. The van der Waals surface area contributed by atoms with Gasteiger partial charge >= 0.3 is 0 Å². The van der Waals surface area contributed by atoms with E-state index in [4.69, 9.17) is 0 Å². The number of fused-ring (bicyclic) bond motifs is 1. The minimum Gasteiger partial charge on any atom is -0.306 e. The lowest BCUT2D eigenvalue weighted by Gasteiger charge is -2.18. The van der Waals surface area contributed by atoms with Crippen LogP contribution in [0.3, 0.4) is 0 Å². The molecule has 4 rings (SSSR count). The van der Waals surface area contributed by atoms with Crippen LogP contribution in [0.15, 0.2) is 48.9 Å². The normalized spacial score (nSPS) is 13.2. The number of carbonyl (C=O) groups is 1. The number of nitrogens with zero attached hydrogens (tertiary/aromatic N) is 3. The van der Waals surface area contributed by atoms with Crippen LogP contribution in [0.25, 0.3) is 11.1 Å². The molecule has 0 saturated carbocycles. The second kappa shape index (κ2) is 6.29. The highest BCUT2D eigenvalue weighted by Crippen LogP contribution is 2.33. The van der Waals surface area contributed by atoms with Gasteiger partial charge in [0.1, 0.15) is 0 Å². The maximum absolute atomic E-state index is 13.5. The fourth-order valence-corrected chi connectivity index (χ4v) is 3.12. The molecule has 0 unspecified atom stereocenters. The summed E-state index contributed by atoms with van der Waals surface area (Å²) in [6.07, 6.45) is 5.29. The number of hydrogen-bond acceptors (Lipinski definition) is 3. The number of hydrogen-bond donors (Lipinski definition) is 0. The molecule has 6 heteroatoms. The predicted octanol–water partition coefficient (Wildman–Crippen LogP) is 3.82. The van der Waals surface area contributed by atoms with Gasteiger partial charge in [-0.2, -0.15) is 0 Å². The molecule has 4 nitrogen and oxygen atoms in total. The van der Waals surface area contributed by atoms with E-state index in [1.165, 1.54) is 6.07 Å². The van der Waals surface area contributed by atoms with Crippen molar-refractivity contribution < 1.29 is 13.6 Å². The van der Waals surface area contributed by atoms with Crippen molar-refractivity contribution in [1.29, 1.82) is 0 Å². The third-order valence-electron chi connectivity index (χ3n) is 4.38. The molecule has 0 atom stereocenters. The number of pyridine rings is 2. The zero-order valence-electron chi connectivity index (χ0n) is 14.0. The van der Waals surface area contributed by atoms with Crippen LogP contribution in [0, 0.1) is 18.6 Å². The SMILES string of the molecule is Cc1cncc(CN2C(=O)Cc3ncc(-c4ccc(F)c(F)c4)cc32)c1. The van der Waals surface area contributed by atoms with Gasteiger partial charge in [0.15, 0.2) is 11.6 Å². The van der Waals surface area contributed by atoms with Crippen molar-refractivity contribution in [3.63, 3.8) is 0 Å². The molecule has 0 saturated heterocycles. The fourth-order valence-electron chi connectivity index (χ4n) is 3.12. The smallest absolute Gasteiger partial charge is 0.233 e. The monoisotopic (exact) mass is 351 g/mol. The number of aromatic nitrogens is 2. The highest BCUT2D eigenvalue weighted by Gasteiger charge is 2.29.